The van der Waals surface area contributed by atoms with Crippen LogP contribution in [0.5, 0.6) is 0 Å². The predicted molar refractivity (Wildman–Crippen MR) is 102 cm³/mol. The number of hydrogen-bond acceptors (Lipinski definition) is 2. The Labute approximate surface area is 149 Å². The highest BCUT2D eigenvalue weighted by atomic mass is 16.2. The van der Waals surface area contributed by atoms with Crippen molar-refractivity contribution in [3.8, 4) is 0 Å². The van der Waals surface area contributed by atoms with Gasteiger partial charge in [0.2, 0.25) is 5.91 Å². The number of aromatic nitrogens is 1. The number of pyridine rings is 1. The largest absolute Gasteiger partial charge is 0.340 e. The van der Waals surface area contributed by atoms with Crippen molar-refractivity contribution in [2.75, 3.05) is 6.54 Å². The summed E-state index contributed by atoms with van der Waals surface area (Å²) in [6.07, 6.45) is 4.45. The fourth-order valence-corrected chi connectivity index (χ4v) is 3.76. The molecule has 2 heterocycles. The highest BCUT2D eigenvalue weighted by Crippen LogP contribution is 2.22. The molecule has 0 spiro atoms. The summed E-state index contributed by atoms with van der Waals surface area (Å²) in [6, 6.07) is 8.41. The van der Waals surface area contributed by atoms with Crippen molar-refractivity contribution in [2.24, 2.45) is 5.92 Å². The normalized spacial score (nSPS) is 19.6. The first-order chi connectivity index (χ1) is 11.9. The van der Waals surface area contributed by atoms with E-state index in [4.69, 9.17) is 0 Å². The molecule has 4 heteroatoms. The van der Waals surface area contributed by atoms with Crippen molar-refractivity contribution >= 4 is 16.7 Å². The van der Waals surface area contributed by atoms with Crippen molar-refractivity contribution < 1.29 is 4.79 Å². The molecule has 1 aromatic carbocycles. The molecule has 0 aliphatic carbocycles. The summed E-state index contributed by atoms with van der Waals surface area (Å²) in [6.45, 7) is 9.15. The van der Waals surface area contributed by atoms with Crippen LogP contribution in [0, 0.1) is 5.92 Å². The van der Waals surface area contributed by atoms with Gasteiger partial charge in [-0.3, -0.25) is 9.59 Å². The summed E-state index contributed by atoms with van der Waals surface area (Å²) in [4.78, 5) is 26.8. The van der Waals surface area contributed by atoms with Gasteiger partial charge in [-0.1, -0.05) is 19.1 Å². The SMILES string of the molecule is CC1CCN(C(C)Cc2ccc3c(=O)n(C(C)C)ccc3c2)C(=O)C1. The Morgan fingerprint density at radius 2 is 1.92 bits per heavy atom. The van der Waals surface area contributed by atoms with E-state index in [0.29, 0.717) is 12.3 Å². The highest BCUT2D eigenvalue weighted by molar-refractivity contribution is 5.82. The maximum Gasteiger partial charge on any atom is 0.258 e. The van der Waals surface area contributed by atoms with Crippen molar-refractivity contribution in [3.05, 3.63) is 46.4 Å². The van der Waals surface area contributed by atoms with Crippen molar-refractivity contribution in [1.29, 1.82) is 0 Å². The quantitative estimate of drug-likeness (QED) is 0.850. The zero-order chi connectivity index (χ0) is 18.1. The van der Waals surface area contributed by atoms with Crippen LogP contribution >= 0.6 is 0 Å². The highest BCUT2D eigenvalue weighted by Gasteiger charge is 2.26. The van der Waals surface area contributed by atoms with E-state index in [1.165, 1.54) is 5.56 Å². The lowest BCUT2D eigenvalue weighted by atomic mass is 9.95. The van der Waals surface area contributed by atoms with E-state index in [2.05, 4.69) is 19.9 Å². The Morgan fingerprint density at radius 1 is 1.16 bits per heavy atom. The molecule has 134 valence electrons. The minimum absolute atomic E-state index is 0.0623. The number of likely N-dealkylation sites (tertiary alicyclic amines) is 1. The van der Waals surface area contributed by atoms with Gasteiger partial charge in [0.15, 0.2) is 0 Å². The number of carbonyl (C=O) groups is 1. The van der Waals surface area contributed by atoms with Crippen LogP contribution in [-0.4, -0.2) is 28.0 Å². The van der Waals surface area contributed by atoms with Crippen LogP contribution in [0.4, 0.5) is 0 Å². The lowest BCUT2D eigenvalue weighted by molar-refractivity contribution is -0.136. The molecular formula is C21H28N2O2. The van der Waals surface area contributed by atoms with Crippen LogP contribution in [0.1, 0.15) is 52.1 Å². The van der Waals surface area contributed by atoms with Crippen molar-refractivity contribution in [1.82, 2.24) is 9.47 Å². The van der Waals surface area contributed by atoms with E-state index in [-0.39, 0.29) is 23.6 Å². The molecule has 2 atom stereocenters. The summed E-state index contributed by atoms with van der Waals surface area (Å²) in [5.74, 6) is 0.770. The Bertz CT molecular complexity index is 837. The summed E-state index contributed by atoms with van der Waals surface area (Å²) in [5.41, 5.74) is 1.24. The zero-order valence-corrected chi connectivity index (χ0v) is 15.7. The van der Waals surface area contributed by atoms with E-state index in [0.717, 1.165) is 30.2 Å². The van der Waals surface area contributed by atoms with Gasteiger partial charge in [-0.2, -0.15) is 0 Å². The van der Waals surface area contributed by atoms with Crippen LogP contribution < -0.4 is 5.56 Å². The molecule has 1 saturated heterocycles. The Balaban J connectivity index is 1.81. The van der Waals surface area contributed by atoms with E-state index in [9.17, 15) is 9.59 Å². The van der Waals surface area contributed by atoms with Crippen LogP contribution in [0.15, 0.2) is 35.3 Å². The van der Waals surface area contributed by atoms with Gasteiger partial charge in [-0.05, 0) is 62.6 Å². The number of nitrogens with zero attached hydrogens (tertiary/aromatic N) is 2. The average molecular weight is 340 g/mol. The number of carbonyl (C=O) groups excluding carboxylic acids is 1. The summed E-state index contributed by atoms with van der Waals surface area (Å²) >= 11 is 0. The Morgan fingerprint density at radius 3 is 2.60 bits per heavy atom. The molecule has 1 aromatic heterocycles. The second-order valence-electron chi connectivity index (χ2n) is 7.78. The summed E-state index contributed by atoms with van der Waals surface area (Å²) < 4.78 is 1.76. The molecule has 1 fully saturated rings. The van der Waals surface area contributed by atoms with Crippen LogP contribution in [0.25, 0.3) is 10.8 Å². The standard InChI is InChI=1S/C21H28N2O2/c1-14(2)22-10-8-18-13-17(5-6-19(18)21(22)25)12-16(4)23-9-7-15(3)11-20(23)24/h5-6,8,10,13-16H,7,9,11-12H2,1-4H3. The molecule has 1 aliphatic rings. The second-order valence-corrected chi connectivity index (χ2v) is 7.78. The third-order valence-electron chi connectivity index (χ3n) is 5.32. The molecule has 3 rings (SSSR count). The number of fused-ring (bicyclic) bond motifs is 1. The number of piperidine rings is 1. The fourth-order valence-electron chi connectivity index (χ4n) is 3.76. The molecule has 1 amide bonds. The lowest BCUT2D eigenvalue weighted by Gasteiger charge is -2.35. The molecule has 1 aliphatic heterocycles. The number of amides is 1. The van der Waals surface area contributed by atoms with Crippen LogP contribution in [-0.2, 0) is 11.2 Å². The van der Waals surface area contributed by atoms with Gasteiger partial charge in [0.25, 0.3) is 5.56 Å². The minimum atomic E-state index is 0.0623. The predicted octanol–water partition coefficient (Wildman–Crippen LogP) is 3.77. The smallest absolute Gasteiger partial charge is 0.258 e. The third-order valence-corrected chi connectivity index (χ3v) is 5.32. The van der Waals surface area contributed by atoms with E-state index in [1.807, 2.05) is 43.1 Å². The molecule has 0 bridgehead atoms. The lowest BCUT2D eigenvalue weighted by Crippen LogP contribution is -2.44. The van der Waals surface area contributed by atoms with Gasteiger partial charge in [0.05, 0.1) is 0 Å². The average Bonchev–Trinajstić information content (AvgIpc) is 2.54. The van der Waals surface area contributed by atoms with Crippen molar-refractivity contribution in [3.63, 3.8) is 0 Å². The van der Waals surface area contributed by atoms with E-state index >= 15 is 0 Å². The summed E-state index contributed by atoms with van der Waals surface area (Å²) in [5, 5.41) is 1.74. The van der Waals surface area contributed by atoms with E-state index < -0.39 is 0 Å². The fraction of sp³-hybridized carbons (Fsp3) is 0.524. The molecule has 2 aromatic rings. The second kappa shape index (κ2) is 7.03. The molecule has 4 nitrogen and oxygen atoms in total. The number of rotatable bonds is 4. The molecule has 0 saturated carbocycles. The number of benzene rings is 1. The molecule has 0 N–H and O–H groups in total. The molecule has 25 heavy (non-hydrogen) atoms. The van der Waals surface area contributed by atoms with Gasteiger partial charge in [0.1, 0.15) is 0 Å². The van der Waals surface area contributed by atoms with Gasteiger partial charge in [-0.15, -0.1) is 0 Å². The minimum Gasteiger partial charge on any atom is -0.340 e. The molecule has 0 radical (unpaired) electrons. The monoisotopic (exact) mass is 340 g/mol. The Kier molecular flexibility index (Phi) is 4.98. The molecular weight excluding hydrogens is 312 g/mol. The first-order valence-corrected chi connectivity index (χ1v) is 9.30. The maximum absolute atomic E-state index is 12.5. The third kappa shape index (κ3) is 3.63. The summed E-state index contributed by atoms with van der Waals surface area (Å²) in [7, 11) is 0. The van der Waals surface area contributed by atoms with Crippen LogP contribution in [0.3, 0.4) is 0 Å². The van der Waals surface area contributed by atoms with E-state index in [1.54, 1.807) is 4.57 Å². The first kappa shape index (κ1) is 17.7. The first-order valence-electron chi connectivity index (χ1n) is 9.30. The molecule has 2 unspecified atom stereocenters. The zero-order valence-electron chi connectivity index (χ0n) is 15.7. The van der Waals surface area contributed by atoms with Crippen LogP contribution in [0.2, 0.25) is 0 Å². The number of hydrogen-bond donors (Lipinski definition) is 0. The topological polar surface area (TPSA) is 42.3 Å². The maximum atomic E-state index is 12.5. The van der Waals surface area contributed by atoms with Gasteiger partial charge in [-0.25, -0.2) is 0 Å². The van der Waals surface area contributed by atoms with Gasteiger partial charge in [0, 0.05) is 36.6 Å². The van der Waals surface area contributed by atoms with Gasteiger partial charge >= 0.3 is 0 Å². The Hall–Kier alpha value is -2.10. The van der Waals surface area contributed by atoms with Gasteiger partial charge < -0.3 is 9.47 Å². The van der Waals surface area contributed by atoms with Crippen molar-refractivity contribution in [2.45, 2.75) is 59.0 Å².